The molecule has 44 heavy (non-hydrogen) atoms. The van der Waals surface area contributed by atoms with Crippen LogP contribution in [0.3, 0.4) is 0 Å². The second kappa shape index (κ2) is 11.4. The van der Waals surface area contributed by atoms with E-state index in [2.05, 4.69) is 18.8 Å². The van der Waals surface area contributed by atoms with Gasteiger partial charge in [0, 0.05) is 13.2 Å². The zero-order chi connectivity index (χ0) is 31.3. The van der Waals surface area contributed by atoms with E-state index in [1.54, 1.807) is 43.0 Å². The number of benzene rings is 2. The monoisotopic (exact) mass is 623 g/mol. The van der Waals surface area contributed by atoms with Gasteiger partial charge in [0.15, 0.2) is 4.32 Å². The number of amides is 1. The van der Waals surface area contributed by atoms with Crippen LogP contribution in [0.2, 0.25) is 0 Å². The minimum atomic E-state index is -0.507. The van der Waals surface area contributed by atoms with Crippen molar-refractivity contribution in [2.45, 2.75) is 33.6 Å². The predicted octanol–water partition coefficient (Wildman–Crippen LogP) is 6.12. The van der Waals surface area contributed by atoms with E-state index >= 15 is 0 Å². The van der Waals surface area contributed by atoms with Crippen molar-refractivity contribution in [3.05, 3.63) is 121 Å². The van der Waals surface area contributed by atoms with Gasteiger partial charge in [0.25, 0.3) is 17.0 Å². The first-order valence-corrected chi connectivity index (χ1v) is 15.2. The molecule has 11 heteroatoms. The van der Waals surface area contributed by atoms with Gasteiger partial charge >= 0.3 is 0 Å². The standard InChI is InChI=1S/C33H29N5O4S2/c1-19(2)23-15-14-20(3)17-25(23)42-29-24(30(39)36-16-10-9-13-27(36)34-29)18-26-31(40)37(33(43)44-26)28-21(4)35(5)38(32(28)41)22-11-7-6-8-12-22/h6-19H,1-5H3/b26-18+. The molecule has 9 nitrogen and oxygen atoms in total. The van der Waals surface area contributed by atoms with Gasteiger partial charge in [-0.15, -0.1) is 0 Å². The number of ether oxygens (including phenoxy) is 1. The molecule has 0 unspecified atom stereocenters. The van der Waals surface area contributed by atoms with E-state index < -0.39 is 11.5 Å². The summed E-state index contributed by atoms with van der Waals surface area (Å²) in [6.45, 7) is 7.84. The SMILES string of the molecule is Cc1ccc(C(C)C)c(Oc2nc3ccccn3c(=O)c2/C=C2/SC(=S)N(c3c(C)n(C)n(-c4ccccc4)c3=O)C2=O)c1. The number of anilines is 1. The molecule has 4 heterocycles. The van der Waals surface area contributed by atoms with Gasteiger partial charge in [0.2, 0.25) is 5.88 Å². The molecule has 0 radical (unpaired) electrons. The number of carbonyl (C=O) groups excluding carboxylic acids is 1. The molecule has 1 saturated heterocycles. The number of carbonyl (C=O) groups is 1. The van der Waals surface area contributed by atoms with E-state index in [1.165, 1.54) is 20.1 Å². The number of hydrogen-bond donors (Lipinski definition) is 0. The highest BCUT2D eigenvalue weighted by molar-refractivity contribution is 8.27. The first-order chi connectivity index (χ1) is 21.1. The number of hydrogen-bond acceptors (Lipinski definition) is 7. The molecule has 0 saturated carbocycles. The van der Waals surface area contributed by atoms with Crippen LogP contribution in [-0.2, 0) is 11.8 Å². The van der Waals surface area contributed by atoms with E-state index in [-0.39, 0.29) is 37.8 Å². The number of para-hydroxylation sites is 1. The summed E-state index contributed by atoms with van der Waals surface area (Å²) in [5.74, 6) is 0.297. The lowest BCUT2D eigenvalue weighted by molar-refractivity contribution is -0.113. The van der Waals surface area contributed by atoms with Gasteiger partial charge in [-0.25, -0.2) is 4.68 Å². The molecule has 2 aromatic carbocycles. The van der Waals surface area contributed by atoms with Crippen LogP contribution >= 0.6 is 24.0 Å². The minimum absolute atomic E-state index is 0.0706. The zero-order valence-corrected chi connectivity index (χ0v) is 26.4. The summed E-state index contributed by atoms with van der Waals surface area (Å²) >= 11 is 6.65. The molecule has 222 valence electrons. The molecule has 1 amide bonds. The summed E-state index contributed by atoms with van der Waals surface area (Å²) in [6.07, 6.45) is 3.07. The number of fused-ring (bicyclic) bond motifs is 1. The van der Waals surface area contributed by atoms with Crippen molar-refractivity contribution in [2.24, 2.45) is 7.05 Å². The summed E-state index contributed by atoms with van der Waals surface area (Å²) in [5.41, 5.74) is 3.03. The largest absolute Gasteiger partial charge is 0.438 e. The lowest BCUT2D eigenvalue weighted by Crippen LogP contribution is -2.33. The Balaban J connectivity index is 1.48. The van der Waals surface area contributed by atoms with Crippen molar-refractivity contribution in [3.8, 4) is 17.3 Å². The molecule has 0 bridgehead atoms. The third kappa shape index (κ3) is 4.97. The maximum Gasteiger partial charge on any atom is 0.296 e. The van der Waals surface area contributed by atoms with Gasteiger partial charge in [-0.05, 0) is 67.3 Å². The summed E-state index contributed by atoms with van der Waals surface area (Å²) in [4.78, 5) is 47.6. The van der Waals surface area contributed by atoms with Crippen molar-refractivity contribution < 1.29 is 9.53 Å². The topological polar surface area (TPSA) is 90.8 Å². The predicted molar refractivity (Wildman–Crippen MR) is 178 cm³/mol. The van der Waals surface area contributed by atoms with Crippen molar-refractivity contribution in [1.82, 2.24) is 18.7 Å². The molecule has 1 aliphatic rings. The number of nitrogens with zero attached hydrogens (tertiary/aromatic N) is 5. The lowest BCUT2D eigenvalue weighted by atomic mass is 10.0. The average Bonchev–Trinajstić information content (AvgIpc) is 3.39. The van der Waals surface area contributed by atoms with Crippen molar-refractivity contribution in [2.75, 3.05) is 4.90 Å². The van der Waals surface area contributed by atoms with Gasteiger partial charge < -0.3 is 4.74 Å². The summed E-state index contributed by atoms with van der Waals surface area (Å²) in [7, 11) is 1.75. The Morgan fingerprint density at radius 3 is 2.41 bits per heavy atom. The Morgan fingerprint density at radius 2 is 1.68 bits per heavy atom. The van der Waals surface area contributed by atoms with Crippen LogP contribution in [0.1, 0.15) is 42.1 Å². The first-order valence-electron chi connectivity index (χ1n) is 14.0. The number of pyridine rings is 1. The Hall–Kier alpha value is -4.74. The van der Waals surface area contributed by atoms with Gasteiger partial charge in [0.1, 0.15) is 22.6 Å². The van der Waals surface area contributed by atoms with Crippen LogP contribution in [-0.4, -0.2) is 29.0 Å². The Morgan fingerprint density at radius 1 is 0.955 bits per heavy atom. The van der Waals surface area contributed by atoms with E-state index in [0.717, 1.165) is 22.9 Å². The van der Waals surface area contributed by atoms with Gasteiger partial charge in [-0.2, -0.15) is 4.98 Å². The fraction of sp³-hybridized carbons (Fsp3) is 0.182. The van der Waals surface area contributed by atoms with Crippen molar-refractivity contribution >= 4 is 51.6 Å². The van der Waals surface area contributed by atoms with Crippen LogP contribution in [0, 0.1) is 13.8 Å². The number of aromatic nitrogens is 4. The summed E-state index contributed by atoms with van der Waals surface area (Å²) in [5, 5.41) is 0. The number of thioether (sulfide) groups is 1. The van der Waals surface area contributed by atoms with Gasteiger partial charge in [-0.3, -0.25) is 28.4 Å². The maximum absolute atomic E-state index is 13.9. The summed E-state index contributed by atoms with van der Waals surface area (Å²) < 4.78 is 11.1. The van der Waals surface area contributed by atoms with Crippen molar-refractivity contribution in [3.63, 3.8) is 0 Å². The molecule has 0 atom stereocenters. The third-order valence-electron chi connectivity index (χ3n) is 7.55. The molecule has 1 fully saturated rings. The Labute approximate surface area is 263 Å². The highest BCUT2D eigenvalue weighted by atomic mass is 32.2. The second-order valence-electron chi connectivity index (χ2n) is 10.8. The first kappa shape index (κ1) is 29.3. The fourth-order valence-electron chi connectivity index (χ4n) is 5.20. The fourth-order valence-corrected chi connectivity index (χ4v) is 6.45. The molecule has 5 aromatic rings. The van der Waals surface area contributed by atoms with E-state index in [4.69, 9.17) is 17.0 Å². The second-order valence-corrected chi connectivity index (χ2v) is 12.5. The third-order valence-corrected chi connectivity index (χ3v) is 8.85. The van der Waals surface area contributed by atoms with Crippen LogP contribution < -0.4 is 20.8 Å². The van der Waals surface area contributed by atoms with Gasteiger partial charge in [0.05, 0.1) is 16.3 Å². The van der Waals surface area contributed by atoms with Crippen LogP contribution in [0.15, 0.2) is 87.4 Å². The quantitative estimate of drug-likeness (QED) is 0.166. The molecule has 1 aliphatic heterocycles. The highest BCUT2D eigenvalue weighted by Crippen LogP contribution is 2.38. The number of rotatable bonds is 6. The minimum Gasteiger partial charge on any atom is -0.438 e. The number of thiocarbonyl (C=S) groups is 1. The lowest BCUT2D eigenvalue weighted by Gasteiger charge is -2.16. The van der Waals surface area contributed by atoms with E-state index in [9.17, 15) is 14.4 Å². The van der Waals surface area contributed by atoms with E-state index in [1.807, 2.05) is 55.5 Å². The number of aryl methyl sites for hydroxylation is 1. The molecule has 6 rings (SSSR count). The van der Waals surface area contributed by atoms with Crippen molar-refractivity contribution in [1.29, 1.82) is 0 Å². The van der Waals surface area contributed by atoms with E-state index in [0.29, 0.717) is 22.8 Å². The normalized spacial score (nSPS) is 14.4. The molecule has 3 aromatic heterocycles. The Kier molecular flexibility index (Phi) is 7.60. The van der Waals surface area contributed by atoms with Crippen LogP contribution in [0.4, 0.5) is 5.69 Å². The zero-order valence-electron chi connectivity index (χ0n) is 24.8. The molecule has 0 aliphatic carbocycles. The summed E-state index contributed by atoms with van der Waals surface area (Å²) in [6, 6.07) is 20.3. The Bertz CT molecular complexity index is 2130. The molecular formula is C33H29N5O4S2. The van der Waals surface area contributed by atoms with Crippen LogP contribution in [0.5, 0.6) is 11.6 Å². The highest BCUT2D eigenvalue weighted by Gasteiger charge is 2.38. The van der Waals surface area contributed by atoms with Gasteiger partial charge in [-0.1, -0.05) is 74.2 Å². The molecular weight excluding hydrogens is 595 g/mol. The smallest absolute Gasteiger partial charge is 0.296 e. The maximum atomic E-state index is 13.9. The average molecular weight is 624 g/mol. The molecule has 0 spiro atoms. The van der Waals surface area contributed by atoms with Crippen LogP contribution in [0.25, 0.3) is 17.4 Å². The molecule has 0 N–H and O–H groups in total.